The topological polar surface area (TPSA) is 84.4 Å². The van der Waals surface area contributed by atoms with Gasteiger partial charge in [-0.25, -0.2) is 4.98 Å². The predicted molar refractivity (Wildman–Crippen MR) is 91.6 cm³/mol. The van der Waals surface area contributed by atoms with E-state index in [9.17, 15) is 9.59 Å². The normalized spacial score (nSPS) is 10.4. The van der Waals surface area contributed by atoms with Gasteiger partial charge in [0.1, 0.15) is 5.69 Å². The molecule has 0 fully saturated rings. The minimum Gasteiger partial charge on any atom is -0.385 e. The fraction of sp³-hybridized carbons (Fsp3) is 0.647. The monoisotopic (exact) mass is 336 g/mol. The Morgan fingerprint density at radius 1 is 1.21 bits per heavy atom. The zero-order valence-electron chi connectivity index (χ0n) is 14.7. The summed E-state index contributed by atoms with van der Waals surface area (Å²) < 4.78 is 5.03. The van der Waals surface area contributed by atoms with Crippen molar-refractivity contribution in [3.63, 3.8) is 0 Å². The zero-order valence-corrected chi connectivity index (χ0v) is 14.7. The lowest BCUT2D eigenvalue weighted by molar-refractivity contribution is -0.121. The van der Waals surface area contributed by atoms with Gasteiger partial charge in [0.25, 0.3) is 5.91 Å². The number of carbonyl (C=O) groups is 2. The Kier molecular flexibility index (Phi) is 10.4. The summed E-state index contributed by atoms with van der Waals surface area (Å²) in [6.07, 6.45) is 8.65. The minimum atomic E-state index is -0.210. The van der Waals surface area contributed by atoms with Crippen LogP contribution >= 0.6 is 0 Å². The number of amides is 2. The third-order valence-electron chi connectivity index (χ3n) is 3.56. The molecule has 1 aromatic heterocycles. The number of nitrogens with zero attached hydrogens (tertiary/aromatic N) is 3. The number of ether oxygens (including phenoxy) is 1. The van der Waals surface area contributed by atoms with Gasteiger partial charge in [-0.15, -0.1) is 0 Å². The van der Waals surface area contributed by atoms with Gasteiger partial charge in [-0.1, -0.05) is 19.8 Å². The van der Waals surface area contributed by atoms with Crippen LogP contribution in [-0.2, 0) is 9.53 Å². The minimum absolute atomic E-state index is 0.0326. The molecule has 1 N–H and O–H groups in total. The highest BCUT2D eigenvalue weighted by Crippen LogP contribution is 2.03. The molecule has 0 unspecified atom stereocenters. The summed E-state index contributed by atoms with van der Waals surface area (Å²) in [5, 5.41) is 2.89. The van der Waals surface area contributed by atoms with E-state index in [1.807, 2.05) is 0 Å². The molecule has 0 spiro atoms. The quantitative estimate of drug-likeness (QED) is 0.587. The molecule has 0 aliphatic rings. The SMILES string of the molecule is CCCCCNC(=O)CCN(CCCOC)C(=O)c1cnccn1. The highest BCUT2D eigenvalue weighted by Gasteiger charge is 2.17. The maximum atomic E-state index is 12.5. The fourth-order valence-electron chi connectivity index (χ4n) is 2.21. The van der Waals surface area contributed by atoms with E-state index in [-0.39, 0.29) is 18.2 Å². The second-order valence-corrected chi connectivity index (χ2v) is 5.54. The van der Waals surface area contributed by atoms with E-state index in [0.29, 0.717) is 38.4 Å². The summed E-state index contributed by atoms with van der Waals surface area (Å²) in [5.41, 5.74) is 0.290. The lowest BCUT2D eigenvalue weighted by Gasteiger charge is -2.22. The summed E-state index contributed by atoms with van der Waals surface area (Å²) in [5.74, 6) is -0.243. The van der Waals surface area contributed by atoms with Gasteiger partial charge in [0.15, 0.2) is 0 Å². The lowest BCUT2D eigenvalue weighted by Crippen LogP contribution is -2.37. The van der Waals surface area contributed by atoms with Crippen molar-refractivity contribution >= 4 is 11.8 Å². The fourth-order valence-corrected chi connectivity index (χ4v) is 2.21. The maximum Gasteiger partial charge on any atom is 0.274 e. The number of aromatic nitrogens is 2. The molecule has 7 nitrogen and oxygen atoms in total. The molecule has 2 amide bonds. The van der Waals surface area contributed by atoms with Gasteiger partial charge in [0.2, 0.25) is 5.91 Å². The van der Waals surface area contributed by atoms with Crippen LogP contribution in [0.15, 0.2) is 18.6 Å². The van der Waals surface area contributed by atoms with Gasteiger partial charge in [0.05, 0.1) is 6.20 Å². The summed E-state index contributed by atoms with van der Waals surface area (Å²) in [6.45, 7) is 4.25. The Morgan fingerprint density at radius 3 is 2.71 bits per heavy atom. The van der Waals surface area contributed by atoms with Crippen LogP contribution in [0.2, 0.25) is 0 Å². The highest BCUT2D eigenvalue weighted by molar-refractivity contribution is 5.92. The molecule has 1 rings (SSSR count). The summed E-state index contributed by atoms with van der Waals surface area (Å²) in [6, 6.07) is 0. The number of hydrogen-bond donors (Lipinski definition) is 1. The number of carbonyl (C=O) groups excluding carboxylic acids is 2. The van der Waals surface area contributed by atoms with Gasteiger partial charge in [-0.2, -0.15) is 0 Å². The third-order valence-corrected chi connectivity index (χ3v) is 3.56. The van der Waals surface area contributed by atoms with Crippen molar-refractivity contribution in [1.29, 1.82) is 0 Å². The summed E-state index contributed by atoms with van der Waals surface area (Å²) >= 11 is 0. The van der Waals surface area contributed by atoms with Crippen molar-refractivity contribution in [2.75, 3.05) is 33.4 Å². The van der Waals surface area contributed by atoms with Gasteiger partial charge < -0.3 is 15.0 Å². The largest absolute Gasteiger partial charge is 0.385 e. The number of nitrogens with one attached hydrogen (secondary N) is 1. The Bertz CT molecular complexity index is 482. The van der Waals surface area contributed by atoms with Crippen molar-refractivity contribution in [1.82, 2.24) is 20.2 Å². The molecule has 7 heteroatoms. The number of methoxy groups -OCH3 is 1. The Balaban J connectivity index is 2.49. The molecule has 134 valence electrons. The van der Waals surface area contributed by atoms with Crippen molar-refractivity contribution < 1.29 is 14.3 Å². The zero-order chi connectivity index (χ0) is 17.6. The molecule has 0 bridgehead atoms. The average Bonchev–Trinajstić information content (AvgIpc) is 2.62. The van der Waals surface area contributed by atoms with Crippen LogP contribution in [0, 0.1) is 0 Å². The highest BCUT2D eigenvalue weighted by atomic mass is 16.5. The van der Waals surface area contributed by atoms with Crippen LogP contribution in [0.4, 0.5) is 0 Å². The Morgan fingerprint density at radius 2 is 2.04 bits per heavy atom. The standard InChI is InChI=1S/C17H28N4O3/c1-3-4-5-8-20-16(22)7-12-21(11-6-13-24-2)17(23)15-14-18-9-10-19-15/h9-10,14H,3-8,11-13H2,1-2H3,(H,20,22). The smallest absolute Gasteiger partial charge is 0.274 e. The van der Waals surface area contributed by atoms with Crippen LogP contribution in [0.3, 0.4) is 0 Å². The van der Waals surface area contributed by atoms with Gasteiger partial charge >= 0.3 is 0 Å². The maximum absolute atomic E-state index is 12.5. The first-order valence-corrected chi connectivity index (χ1v) is 8.50. The Hall–Kier alpha value is -2.02. The average molecular weight is 336 g/mol. The van der Waals surface area contributed by atoms with Crippen LogP contribution in [0.1, 0.15) is 49.5 Å². The molecule has 0 atom stereocenters. The van der Waals surface area contributed by atoms with Crippen molar-refractivity contribution in [3.05, 3.63) is 24.3 Å². The predicted octanol–water partition coefficient (Wildman–Crippen LogP) is 1.65. The second-order valence-electron chi connectivity index (χ2n) is 5.54. The van der Waals surface area contributed by atoms with E-state index in [0.717, 1.165) is 19.3 Å². The summed E-state index contributed by atoms with van der Waals surface area (Å²) in [4.78, 5) is 34.0. The first-order valence-electron chi connectivity index (χ1n) is 8.50. The molecule has 1 heterocycles. The van der Waals surface area contributed by atoms with Crippen molar-refractivity contribution in [3.8, 4) is 0 Å². The van der Waals surface area contributed by atoms with E-state index < -0.39 is 0 Å². The van der Waals surface area contributed by atoms with Crippen LogP contribution in [-0.4, -0.2) is 60.0 Å². The van der Waals surface area contributed by atoms with Crippen molar-refractivity contribution in [2.24, 2.45) is 0 Å². The second kappa shape index (κ2) is 12.4. The van der Waals surface area contributed by atoms with Crippen LogP contribution in [0.25, 0.3) is 0 Å². The van der Waals surface area contributed by atoms with E-state index in [1.165, 1.54) is 18.6 Å². The molecule has 0 aliphatic heterocycles. The van der Waals surface area contributed by atoms with Gasteiger partial charge in [0, 0.05) is 52.2 Å². The number of hydrogen-bond acceptors (Lipinski definition) is 5. The number of rotatable bonds is 12. The van der Waals surface area contributed by atoms with Gasteiger partial charge in [-0.05, 0) is 12.8 Å². The van der Waals surface area contributed by atoms with Crippen molar-refractivity contribution in [2.45, 2.75) is 39.0 Å². The van der Waals surface area contributed by atoms with Gasteiger partial charge in [-0.3, -0.25) is 14.6 Å². The van der Waals surface area contributed by atoms with E-state index >= 15 is 0 Å². The first-order chi connectivity index (χ1) is 11.7. The molecular formula is C17H28N4O3. The third kappa shape index (κ3) is 8.01. The number of unbranched alkanes of at least 4 members (excludes halogenated alkanes) is 2. The van der Waals surface area contributed by atoms with Crippen LogP contribution in [0.5, 0.6) is 0 Å². The Labute approximate surface area is 143 Å². The molecule has 0 aromatic carbocycles. The molecule has 1 aromatic rings. The molecule has 24 heavy (non-hydrogen) atoms. The van der Waals surface area contributed by atoms with Crippen LogP contribution < -0.4 is 5.32 Å². The van der Waals surface area contributed by atoms with E-state index in [4.69, 9.17) is 4.74 Å². The molecule has 0 saturated carbocycles. The van der Waals surface area contributed by atoms with E-state index in [2.05, 4.69) is 22.2 Å². The molecule has 0 radical (unpaired) electrons. The lowest BCUT2D eigenvalue weighted by atomic mass is 10.2. The molecule has 0 aliphatic carbocycles. The molecular weight excluding hydrogens is 308 g/mol. The molecule has 0 saturated heterocycles. The first kappa shape index (κ1) is 20.0. The summed E-state index contributed by atoms with van der Waals surface area (Å²) in [7, 11) is 1.62. The van der Waals surface area contributed by atoms with E-state index in [1.54, 1.807) is 12.0 Å².